The summed E-state index contributed by atoms with van der Waals surface area (Å²) in [6.07, 6.45) is 0. The Morgan fingerprint density at radius 1 is 0.818 bits per heavy atom. The van der Waals surface area contributed by atoms with Crippen LogP contribution in [0.2, 0.25) is 15.1 Å². The Morgan fingerprint density at radius 2 is 1.42 bits per heavy atom. The van der Waals surface area contributed by atoms with Crippen molar-refractivity contribution in [2.75, 3.05) is 5.32 Å². The van der Waals surface area contributed by atoms with Crippen molar-refractivity contribution in [1.82, 2.24) is 5.32 Å². The Labute approximate surface area is 208 Å². The molecule has 1 saturated heterocycles. The molecule has 3 aromatic rings. The highest BCUT2D eigenvalue weighted by Crippen LogP contribution is 2.59. The van der Waals surface area contributed by atoms with Gasteiger partial charge in [0.15, 0.2) is 0 Å². The number of carbonyl (C=O) groups is 2. The van der Waals surface area contributed by atoms with E-state index in [1.165, 1.54) is 0 Å². The van der Waals surface area contributed by atoms with Crippen LogP contribution in [0.4, 0.5) is 5.69 Å². The van der Waals surface area contributed by atoms with Crippen LogP contribution in [-0.2, 0) is 15.0 Å². The Bertz CT molecular complexity index is 1260. The maximum atomic E-state index is 13.9. The summed E-state index contributed by atoms with van der Waals surface area (Å²) in [4.78, 5) is 27.2. The molecule has 0 aromatic heterocycles. The predicted octanol–water partition coefficient (Wildman–Crippen LogP) is 6.76. The van der Waals surface area contributed by atoms with Crippen molar-refractivity contribution in [2.45, 2.75) is 31.7 Å². The molecule has 7 heteroatoms. The summed E-state index contributed by atoms with van der Waals surface area (Å²) >= 11 is 18.9. The Kier molecular flexibility index (Phi) is 6.21. The van der Waals surface area contributed by atoms with Gasteiger partial charge in [-0.25, -0.2) is 0 Å². The van der Waals surface area contributed by atoms with E-state index in [1.807, 2.05) is 43.3 Å². The number of benzene rings is 3. The van der Waals surface area contributed by atoms with Crippen molar-refractivity contribution in [1.29, 1.82) is 0 Å². The molecule has 4 atom stereocenters. The summed E-state index contributed by atoms with van der Waals surface area (Å²) in [5, 5.41) is 7.74. The van der Waals surface area contributed by atoms with Crippen LogP contribution in [0.1, 0.15) is 43.0 Å². The van der Waals surface area contributed by atoms with Gasteiger partial charge in [-0.1, -0.05) is 79.5 Å². The molecule has 0 aliphatic carbocycles. The summed E-state index contributed by atoms with van der Waals surface area (Å²) in [7, 11) is 0. The zero-order chi connectivity index (χ0) is 22.6. The first-order valence-electron chi connectivity index (χ1n) is 10.2. The molecular weight excluding hydrogens is 479 g/mol. The highest BCUT2D eigenvalue weighted by Gasteiger charge is 2.63. The van der Waals surface area contributed by atoms with Crippen LogP contribution in [0.3, 0.4) is 0 Å². The molecule has 1 fully saturated rings. The molecule has 0 saturated carbocycles. The lowest BCUT2D eigenvalue weighted by Gasteiger charge is -2.49. The third-order valence-electron chi connectivity index (χ3n) is 6.59. The number of rotatable bonds is 2. The molecule has 5 rings (SSSR count). The van der Waals surface area contributed by atoms with E-state index in [-0.39, 0.29) is 19.2 Å². The number of amides is 2. The van der Waals surface area contributed by atoms with Crippen molar-refractivity contribution in [3.8, 4) is 0 Å². The van der Waals surface area contributed by atoms with E-state index in [1.54, 1.807) is 30.3 Å². The molecule has 2 aliphatic rings. The number of hydrogen-bond donors (Lipinski definition) is 2. The SMILES string of the molecule is C.C[C@@H]1C(=O)N[C@H](c2cccc(Cl)c2)[C@@]2(C(=O)Nc3cc(Cl)ccc32)[C@@H]1c1cccc(Cl)c1. The molecular formula is C26H23Cl3N2O2. The minimum absolute atomic E-state index is 0. The lowest BCUT2D eigenvalue weighted by atomic mass is 9.56. The molecule has 3 aromatic carbocycles. The molecule has 2 aliphatic heterocycles. The third-order valence-corrected chi connectivity index (χ3v) is 7.29. The largest absolute Gasteiger partial charge is 0.348 e. The van der Waals surface area contributed by atoms with E-state index >= 15 is 0 Å². The molecule has 2 heterocycles. The van der Waals surface area contributed by atoms with Gasteiger partial charge in [-0.3, -0.25) is 9.59 Å². The Morgan fingerprint density at radius 3 is 2.09 bits per heavy atom. The van der Waals surface area contributed by atoms with Gasteiger partial charge in [0.2, 0.25) is 11.8 Å². The molecule has 33 heavy (non-hydrogen) atoms. The molecule has 2 amide bonds. The molecule has 2 N–H and O–H groups in total. The Balaban J connectivity index is 0.00000259. The number of piperidine rings is 1. The fourth-order valence-electron chi connectivity index (χ4n) is 5.32. The summed E-state index contributed by atoms with van der Waals surface area (Å²) in [5.41, 5.74) is 1.88. The zero-order valence-electron chi connectivity index (χ0n) is 17.0. The van der Waals surface area contributed by atoms with Crippen LogP contribution in [-0.4, -0.2) is 11.8 Å². The highest BCUT2D eigenvalue weighted by atomic mass is 35.5. The molecule has 0 radical (unpaired) electrons. The molecule has 4 nitrogen and oxygen atoms in total. The van der Waals surface area contributed by atoms with Gasteiger partial charge in [-0.15, -0.1) is 0 Å². The zero-order valence-corrected chi connectivity index (χ0v) is 19.3. The molecule has 0 bridgehead atoms. The smallest absolute Gasteiger partial charge is 0.238 e. The molecule has 170 valence electrons. The molecule has 1 spiro atoms. The van der Waals surface area contributed by atoms with Gasteiger partial charge in [0.05, 0.1) is 6.04 Å². The van der Waals surface area contributed by atoms with Gasteiger partial charge in [-0.2, -0.15) is 0 Å². The van der Waals surface area contributed by atoms with Crippen LogP contribution in [0.15, 0.2) is 66.7 Å². The van der Waals surface area contributed by atoms with Crippen molar-refractivity contribution < 1.29 is 9.59 Å². The maximum absolute atomic E-state index is 13.9. The van der Waals surface area contributed by atoms with Crippen molar-refractivity contribution >= 4 is 52.3 Å². The first kappa shape index (κ1) is 23.6. The third kappa shape index (κ3) is 3.61. The van der Waals surface area contributed by atoms with Crippen LogP contribution >= 0.6 is 34.8 Å². The van der Waals surface area contributed by atoms with Crippen molar-refractivity contribution in [2.24, 2.45) is 5.92 Å². The summed E-state index contributed by atoms with van der Waals surface area (Å²) in [6, 6.07) is 19.4. The lowest BCUT2D eigenvalue weighted by Crippen LogP contribution is -2.60. The fourth-order valence-corrected chi connectivity index (χ4v) is 5.89. The first-order valence-corrected chi connectivity index (χ1v) is 11.4. The quantitative estimate of drug-likeness (QED) is 0.407. The second-order valence-corrected chi connectivity index (χ2v) is 9.64. The average molecular weight is 502 g/mol. The normalized spacial score (nSPS) is 25.8. The maximum Gasteiger partial charge on any atom is 0.238 e. The van der Waals surface area contributed by atoms with E-state index in [0.29, 0.717) is 20.8 Å². The van der Waals surface area contributed by atoms with Gasteiger partial charge < -0.3 is 10.6 Å². The van der Waals surface area contributed by atoms with Gasteiger partial charge in [0.1, 0.15) is 5.41 Å². The van der Waals surface area contributed by atoms with E-state index in [4.69, 9.17) is 34.8 Å². The second-order valence-electron chi connectivity index (χ2n) is 8.33. The number of nitrogens with one attached hydrogen (secondary N) is 2. The van der Waals surface area contributed by atoms with Crippen LogP contribution in [0, 0.1) is 5.92 Å². The van der Waals surface area contributed by atoms with E-state index in [2.05, 4.69) is 10.6 Å². The van der Waals surface area contributed by atoms with Crippen LogP contribution in [0.5, 0.6) is 0 Å². The number of carbonyl (C=O) groups excluding carboxylic acids is 2. The second kappa shape index (κ2) is 8.68. The lowest BCUT2D eigenvalue weighted by molar-refractivity contribution is -0.135. The number of halogens is 3. The van der Waals surface area contributed by atoms with E-state index < -0.39 is 23.3 Å². The average Bonchev–Trinajstić information content (AvgIpc) is 3.02. The van der Waals surface area contributed by atoms with Gasteiger partial charge in [0.25, 0.3) is 0 Å². The number of fused-ring (bicyclic) bond motifs is 2. The summed E-state index contributed by atoms with van der Waals surface area (Å²) in [5.74, 6) is -1.30. The van der Waals surface area contributed by atoms with Gasteiger partial charge in [-0.05, 0) is 53.1 Å². The van der Waals surface area contributed by atoms with E-state index in [0.717, 1.165) is 16.7 Å². The standard InChI is InChI=1S/C25H19Cl3N2O2.CH4/c1-13-21(14-4-2-6-16(26)10-14)25(19-9-8-18(28)12-20(19)29-24(25)32)22(30-23(13)31)15-5-3-7-17(27)11-15;/h2-13,21-22H,1H3,(H,29,32)(H,30,31);1H4/t13-,21-,22+,25-;/m0./s1. The van der Waals surface area contributed by atoms with Crippen molar-refractivity contribution in [3.05, 3.63) is 98.5 Å². The summed E-state index contributed by atoms with van der Waals surface area (Å²) in [6.45, 7) is 1.85. The minimum atomic E-state index is -1.12. The first-order chi connectivity index (χ1) is 15.3. The van der Waals surface area contributed by atoms with Crippen LogP contribution in [0.25, 0.3) is 0 Å². The number of hydrogen-bond acceptors (Lipinski definition) is 2. The predicted molar refractivity (Wildman–Crippen MR) is 134 cm³/mol. The van der Waals surface area contributed by atoms with Crippen molar-refractivity contribution in [3.63, 3.8) is 0 Å². The van der Waals surface area contributed by atoms with Gasteiger partial charge >= 0.3 is 0 Å². The Hall–Kier alpha value is -2.53. The fraction of sp³-hybridized carbons (Fsp3) is 0.231. The minimum Gasteiger partial charge on any atom is -0.348 e. The van der Waals surface area contributed by atoms with E-state index in [9.17, 15) is 9.59 Å². The van der Waals surface area contributed by atoms with Gasteiger partial charge in [0, 0.05) is 32.6 Å². The number of anilines is 1. The van der Waals surface area contributed by atoms with Crippen LogP contribution < -0.4 is 10.6 Å². The highest BCUT2D eigenvalue weighted by molar-refractivity contribution is 6.31. The molecule has 0 unspecified atom stereocenters. The topological polar surface area (TPSA) is 58.2 Å². The summed E-state index contributed by atoms with van der Waals surface area (Å²) < 4.78 is 0. The monoisotopic (exact) mass is 500 g/mol.